The molecular weight excluding hydrogens is 428 g/mol. The first-order chi connectivity index (χ1) is 15.6. The van der Waals surface area contributed by atoms with Gasteiger partial charge in [-0.1, -0.05) is 13.8 Å². The number of ketones is 1. The Morgan fingerprint density at radius 3 is 2.45 bits per heavy atom. The minimum atomic E-state index is -1.71. The Balaban J connectivity index is 1.26. The molecule has 1 saturated heterocycles. The fourth-order valence-corrected chi connectivity index (χ4v) is 8.47. The molecule has 33 heavy (non-hydrogen) atoms. The number of hydrogen-bond donors (Lipinski definition) is 4. The van der Waals surface area contributed by atoms with E-state index in [1.165, 1.54) is 0 Å². The highest BCUT2D eigenvalue weighted by Gasteiger charge is 2.60. The standard InChI is InChI=1S/C25H38O8/c1-24-9-7-13(32-23-20(29)18(27)19(28)21(33-23)22(30)31)11-12(24)3-4-14-15-5-6-17(26)25(15,2)10-8-16(14)24/h12-16,18-21,23,27-29H,3-11H2,1-2H3,(H,30,31)/t12?,13?,14?,15?,16?,18?,19?,20?,21?,23?,24-,25-/m0/s1. The van der Waals surface area contributed by atoms with E-state index in [1.54, 1.807) is 0 Å². The van der Waals surface area contributed by atoms with Gasteiger partial charge < -0.3 is 29.9 Å². The SMILES string of the molecule is C[C@]12CCC(OC3OC(C(=O)O)C(O)C(O)C3O)CC1CCC1C2CC[C@]2(C)C(=O)CCC12. The minimum absolute atomic E-state index is 0.120. The average Bonchev–Trinajstić information content (AvgIpc) is 3.08. The van der Waals surface area contributed by atoms with Gasteiger partial charge in [0.15, 0.2) is 12.4 Å². The molecule has 0 aromatic carbocycles. The van der Waals surface area contributed by atoms with Crippen molar-refractivity contribution in [1.82, 2.24) is 0 Å². The lowest BCUT2D eigenvalue weighted by atomic mass is 9.45. The highest BCUT2D eigenvalue weighted by atomic mass is 16.7. The molecule has 186 valence electrons. The zero-order chi connectivity index (χ0) is 23.7. The third kappa shape index (κ3) is 3.59. The summed E-state index contributed by atoms with van der Waals surface area (Å²) in [5, 5.41) is 39.6. The molecule has 4 saturated carbocycles. The second-order valence-corrected chi connectivity index (χ2v) is 11.8. The van der Waals surface area contributed by atoms with Crippen molar-refractivity contribution in [3.63, 3.8) is 0 Å². The van der Waals surface area contributed by atoms with Gasteiger partial charge in [0, 0.05) is 11.8 Å². The average molecular weight is 467 g/mol. The van der Waals surface area contributed by atoms with Gasteiger partial charge in [-0.2, -0.15) is 0 Å². The summed E-state index contributed by atoms with van der Waals surface area (Å²) in [6.07, 6.45) is 0.719. The molecule has 0 aromatic rings. The summed E-state index contributed by atoms with van der Waals surface area (Å²) in [4.78, 5) is 24.0. The van der Waals surface area contributed by atoms with Crippen LogP contribution in [0.25, 0.3) is 0 Å². The maximum Gasteiger partial charge on any atom is 0.335 e. The Morgan fingerprint density at radius 1 is 0.970 bits per heavy atom. The van der Waals surface area contributed by atoms with Crippen LogP contribution in [0.2, 0.25) is 0 Å². The van der Waals surface area contributed by atoms with Crippen LogP contribution in [0.5, 0.6) is 0 Å². The molecule has 1 heterocycles. The van der Waals surface area contributed by atoms with Crippen LogP contribution >= 0.6 is 0 Å². The Morgan fingerprint density at radius 2 is 1.73 bits per heavy atom. The molecule has 5 fully saturated rings. The second-order valence-electron chi connectivity index (χ2n) is 11.8. The van der Waals surface area contributed by atoms with Crippen LogP contribution in [0.4, 0.5) is 0 Å². The van der Waals surface area contributed by atoms with Crippen LogP contribution < -0.4 is 0 Å². The first-order valence-corrected chi connectivity index (χ1v) is 12.7. The Bertz CT molecular complexity index is 801. The maximum absolute atomic E-state index is 12.6. The van der Waals surface area contributed by atoms with Gasteiger partial charge >= 0.3 is 5.97 Å². The number of carboxylic acid groups (broad SMARTS) is 1. The number of rotatable bonds is 3. The molecule has 8 heteroatoms. The molecular formula is C25H38O8. The number of carbonyl (C=O) groups excluding carboxylic acids is 1. The van der Waals surface area contributed by atoms with Crippen molar-refractivity contribution in [1.29, 1.82) is 0 Å². The maximum atomic E-state index is 12.6. The largest absolute Gasteiger partial charge is 0.479 e. The number of aliphatic hydroxyl groups excluding tert-OH is 3. The van der Waals surface area contributed by atoms with E-state index in [1.807, 2.05) is 0 Å². The van der Waals surface area contributed by atoms with Gasteiger partial charge in [-0.3, -0.25) is 4.79 Å². The third-order valence-electron chi connectivity index (χ3n) is 10.5. The molecule has 4 aliphatic carbocycles. The van der Waals surface area contributed by atoms with Gasteiger partial charge in [0.2, 0.25) is 0 Å². The van der Waals surface area contributed by atoms with Crippen molar-refractivity contribution >= 4 is 11.8 Å². The summed E-state index contributed by atoms with van der Waals surface area (Å²) < 4.78 is 11.4. The molecule has 10 unspecified atom stereocenters. The highest BCUT2D eigenvalue weighted by molar-refractivity contribution is 5.87. The van der Waals surface area contributed by atoms with Crippen molar-refractivity contribution in [3.8, 4) is 0 Å². The highest BCUT2D eigenvalue weighted by Crippen LogP contribution is 2.65. The van der Waals surface area contributed by atoms with Gasteiger partial charge in [-0.05, 0) is 80.5 Å². The quantitative estimate of drug-likeness (QED) is 0.463. The van der Waals surface area contributed by atoms with Crippen LogP contribution in [-0.2, 0) is 19.1 Å². The number of aliphatic carboxylic acids is 1. The van der Waals surface area contributed by atoms with Gasteiger partial charge in [0.25, 0.3) is 0 Å². The fourth-order valence-electron chi connectivity index (χ4n) is 8.47. The van der Waals surface area contributed by atoms with Crippen molar-refractivity contribution in [2.45, 2.75) is 108 Å². The zero-order valence-electron chi connectivity index (χ0n) is 19.6. The fraction of sp³-hybridized carbons (Fsp3) is 0.920. The summed E-state index contributed by atoms with van der Waals surface area (Å²) in [7, 11) is 0. The molecule has 5 aliphatic rings. The van der Waals surface area contributed by atoms with Crippen molar-refractivity contribution in [2.24, 2.45) is 34.5 Å². The van der Waals surface area contributed by atoms with Crippen LogP contribution in [0, 0.1) is 34.5 Å². The van der Waals surface area contributed by atoms with Crippen LogP contribution in [0.3, 0.4) is 0 Å². The van der Waals surface area contributed by atoms with Crippen LogP contribution in [0.1, 0.15) is 71.6 Å². The Kier molecular flexibility index (Phi) is 5.93. The van der Waals surface area contributed by atoms with Crippen LogP contribution in [-0.4, -0.2) is 69.0 Å². The van der Waals surface area contributed by atoms with E-state index in [0.29, 0.717) is 29.5 Å². The normalized spacial score (nSPS) is 54.3. The minimum Gasteiger partial charge on any atom is -0.479 e. The molecule has 4 N–H and O–H groups in total. The summed E-state index contributed by atoms with van der Waals surface area (Å²) in [6, 6.07) is 0. The third-order valence-corrected chi connectivity index (χ3v) is 10.5. The van der Waals surface area contributed by atoms with Gasteiger partial charge in [0.05, 0.1) is 6.10 Å². The molecule has 1 aliphatic heterocycles. The summed E-state index contributed by atoms with van der Waals surface area (Å²) in [5.74, 6) is 1.28. The molecule has 0 aromatic heterocycles. The van der Waals surface area contributed by atoms with E-state index >= 15 is 0 Å². The molecule has 0 radical (unpaired) electrons. The monoisotopic (exact) mass is 466 g/mol. The van der Waals surface area contributed by atoms with E-state index in [2.05, 4.69) is 13.8 Å². The molecule has 8 nitrogen and oxygen atoms in total. The first kappa shape index (κ1) is 23.7. The molecule has 12 atom stereocenters. The van der Waals surface area contributed by atoms with Crippen LogP contribution in [0.15, 0.2) is 0 Å². The van der Waals surface area contributed by atoms with Gasteiger partial charge in [-0.25, -0.2) is 4.79 Å². The van der Waals surface area contributed by atoms with Gasteiger partial charge in [0.1, 0.15) is 24.1 Å². The molecule has 0 bridgehead atoms. The topological polar surface area (TPSA) is 134 Å². The number of fused-ring (bicyclic) bond motifs is 5. The van der Waals surface area contributed by atoms with Crippen molar-refractivity contribution in [2.75, 3.05) is 0 Å². The number of ether oxygens (including phenoxy) is 2. The molecule has 5 rings (SSSR count). The van der Waals surface area contributed by atoms with E-state index in [-0.39, 0.29) is 16.9 Å². The lowest BCUT2D eigenvalue weighted by Gasteiger charge is -2.60. The number of carboxylic acids is 1. The van der Waals surface area contributed by atoms with E-state index < -0.39 is 36.7 Å². The van der Waals surface area contributed by atoms with Gasteiger partial charge in [-0.15, -0.1) is 0 Å². The van der Waals surface area contributed by atoms with Crippen molar-refractivity contribution < 1.29 is 39.5 Å². The zero-order valence-corrected chi connectivity index (χ0v) is 19.6. The lowest BCUT2D eigenvalue weighted by Crippen LogP contribution is -2.61. The second kappa shape index (κ2) is 8.26. The number of carbonyl (C=O) groups is 2. The number of Topliss-reactive ketones (excluding diaryl/α,β-unsaturated/α-hetero) is 1. The summed E-state index contributed by atoms with van der Waals surface area (Å²) >= 11 is 0. The van der Waals surface area contributed by atoms with E-state index in [0.717, 1.165) is 57.8 Å². The predicted molar refractivity (Wildman–Crippen MR) is 116 cm³/mol. The predicted octanol–water partition coefficient (Wildman–Crippen LogP) is 1.88. The smallest absolute Gasteiger partial charge is 0.335 e. The number of hydrogen-bond acceptors (Lipinski definition) is 7. The number of aliphatic hydroxyl groups is 3. The lowest BCUT2D eigenvalue weighted by molar-refractivity contribution is -0.309. The molecule has 0 spiro atoms. The summed E-state index contributed by atoms with van der Waals surface area (Å²) in [6.45, 7) is 4.62. The van der Waals surface area contributed by atoms with E-state index in [9.17, 15) is 30.0 Å². The molecule has 0 amide bonds. The Hall–Kier alpha value is -1.06. The summed E-state index contributed by atoms with van der Waals surface area (Å²) in [5.41, 5.74) is 0.0757. The Labute approximate surface area is 194 Å². The first-order valence-electron chi connectivity index (χ1n) is 12.7. The van der Waals surface area contributed by atoms with Crippen molar-refractivity contribution in [3.05, 3.63) is 0 Å². The van der Waals surface area contributed by atoms with E-state index in [4.69, 9.17) is 9.47 Å².